The highest BCUT2D eigenvalue weighted by Crippen LogP contribution is 2.40. The van der Waals surface area contributed by atoms with E-state index in [1.54, 1.807) is 0 Å². The molecule has 0 bridgehead atoms. The van der Waals surface area contributed by atoms with E-state index in [1.165, 1.54) is 16.8 Å². The van der Waals surface area contributed by atoms with Crippen molar-refractivity contribution >= 4 is 11.6 Å². The molecule has 7 nitrogen and oxygen atoms in total. The molecule has 8 heteroatoms. The van der Waals surface area contributed by atoms with Crippen LogP contribution in [-0.4, -0.2) is 33.4 Å². The number of rotatable bonds is 7. The normalized spacial score (nSPS) is 19.9. The van der Waals surface area contributed by atoms with Crippen molar-refractivity contribution in [3.8, 4) is 0 Å². The predicted octanol–water partition coefficient (Wildman–Crippen LogP) is 3.42. The van der Waals surface area contributed by atoms with Crippen molar-refractivity contribution in [1.29, 1.82) is 0 Å². The molecule has 1 fully saturated rings. The fourth-order valence-corrected chi connectivity index (χ4v) is 5.17. The van der Waals surface area contributed by atoms with Crippen LogP contribution in [0.1, 0.15) is 29.3 Å². The molecule has 3 atom stereocenters. The maximum atomic E-state index is 12.3. The summed E-state index contributed by atoms with van der Waals surface area (Å²) < 4.78 is 7.40. The first kappa shape index (κ1) is 24.2. The third-order valence-electron chi connectivity index (χ3n) is 6.63. The van der Waals surface area contributed by atoms with Gasteiger partial charge in [-0.3, -0.25) is 19.7 Å². The predicted molar refractivity (Wildman–Crippen MR) is 138 cm³/mol. The Labute approximate surface area is 213 Å². The van der Waals surface area contributed by atoms with Crippen LogP contribution in [0.3, 0.4) is 0 Å². The van der Waals surface area contributed by atoms with E-state index < -0.39 is 35.2 Å². The number of aromatic nitrogens is 2. The largest absolute Gasteiger partial charge is 0.390 e. The standard InChI is InChI=1S/C28H26ClN3O4/c29-22-14-8-7-13-21(22)28(19-9-3-1-4-10-19,20-11-5-2-6-12-20)30-18-24-23(33)17-26(36-24)32-16-15-25(34)31-27(32)35/h1-16,23-24,26,30,33H,17-18H2,(H,31,34,35)/t23?,24-,26-/m0/s1. The molecular formula is C28H26ClN3O4. The average Bonchev–Trinajstić information content (AvgIpc) is 3.26. The number of benzene rings is 3. The maximum absolute atomic E-state index is 12.3. The first-order valence-electron chi connectivity index (χ1n) is 11.7. The molecule has 0 aliphatic carbocycles. The third kappa shape index (κ3) is 4.54. The van der Waals surface area contributed by atoms with E-state index in [-0.39, 0.29) is 13.0 Å². The molecule has 3 N–H and O–H groups in total. The Hall–Kier alpha value is -3.49. The van der Waals surface area contributed by atoms with Gasteiger partial charge < -0.3 is 9.84 Å². The summed E-state index contributed by atoms with van der Waals surface area (Å²) in [7, 11) is 0. The van der Waals surface area contributed by atoms with Gasteiger partial charge >= 0.3 is 5.69 Å². The van der Waals surface area contributed by atoms with Crippen LogP contribution in [0.5, 0.6) is 0 Å². The zero-order valence-electron chi connectivity index (χ0n) is 19.4. The summed E-state index contributed by atoms with van der Waals surface area (Å²) in [4.78, 5) is 25.9. The van der Waals surface area contributed by atoms with Crippen LogP contribution >= 0.6 is 11.6 Å². The molecule has 3 aromatic carbocycles. The highest BCUT2D eigenvalue weighted by Gasteiger charge is 2.41. The zero-order chi connectivity index (χ0) is 25.1. The lowest BCUT2D eigenvalue weighted by Gasteiger charge is -2.38. The molecule has 1 aliphatic rings. The van der Waals surface area contributed by atoms with Crippen LogP contribution < -0.4 is 16.6 Å². The van der Waals surface area contributed by atoms with Crippen LogP contribution in [-0.2, 0) is 10.3 Å². The summed E-state index contributed by atoms with van der Waals surface area (Å²) in [6, 6.07) is 28.9. The Morgan fingerprint density at radius 1 is 0.944 bits per heavy atom. The Morgan fingerprint density at radius 2 is 1.56 bits per heavy atom. The second kappa shape index (κ2) is 10.2. The summed E-state index contributed by atoms with van der Waals surface area (Å²) in [6.45, 7) is 0.269. The monoisotopic (exact) mass is 503 g/mol. The molecule has 0 amide bonds. The SMILES string of the molecule is O=c1ccn([C@@H]2CC(O)[C@H](CNC(c3ccccc3)(c3ccccc3)c3ccccc3Cl)O2)c(=O)[nH]1. The molecule has 0 spiro atoms. The number of aromatic amines is 1. The minimum absolute atomic E-state index is 0.216. The van der Waals surface area contributed by atoms with Crippen molar-refractivity contribution in [3.05, 3.63) is 140 Å². The number of H-pyrrole nitrogens is 1. The highest BCUT2D eigenvalue weighted by atomic mass is 35.5. The second-order valence-electron chi connectivity index (χ2n) is 8.79. The van der Waals surface area contributed by atoms with Gasteiger partial charge in [0.05, 0.1) is 17.7 Å². The number of aliphatic hydroxyl groups excluding tert-OH is 1. The van der Waals surface area contributed by atoms with E-state index in [9.17, 15) is 14.7 Å². The number of ether oxygens (including phenoxy) is 1. The highest BCUT2D eigenvalue weighted by molar-refractivity contribution is 6.31. The Bertz CT molecular complexity index is 1400. The van der Waals surface area contributed by atoms with Crippen LogP contribution in [0.25, 0.3) is 0 Å². The smallest absolute Gasteiger partial charge is 0.330 e. The fraction of sp³-hybridized carbons (Fsp3) is 0.214. The summed E-state index contributed by atoms with van der Waals surface area (Å²) >= 11 is 6.78. The molecule has 184 valence electrons. The minimum atomic E-state index is -0.836. The third-order valence-corrected chi connectivity index (χ3v) is 6.96. The van der Waals surface area contributed by atoms with E-state index in [0.717, 1.165) is 16.7 Å². The van der Waals surface area contributed by atoms with E-state index in [0.29, 0.717) is 5.02 Å². The van der Waals surface area contributed by atoms with Gasteiger partial charge in [-0.25, -0.2) is 4.79 Å². The number of halogens is 1. The van der Waals surface area contributed by atoms with Crippen molar-refractivity contribution in [1.82, 2.24) is 14.9 Å². The van der Waals surface area contributed by atoms with Gasteiger partial charge in [-0.05, 0) is 22.8 Å². The molecule has 1 aliphatic heterocycles. The van der Waals surface area contributed by atoms with E-state index >= 15 is 0 Å². The number of nitrogens with zero attached hydrogens (tertiary/aromatic N) is 1. The van der Waals surface area contributed by atoms with Crippen LogP contribution in [0.2, 0.25) is 5.02 Å². The van der Waals surface area contributed by atoms with Crippen molar-refractivity contribution in [2.75, 3.05) is 6.54 Å². The van der Waals surface area contributed by atoms with Gasteiger partial charge in [-0.1, -0.05) is 90.5 Å². The van der Waals surface area contributed by atoms with Gasteiger partial charge in [0, 0.05) is 30.3 Å². The topological polar surface area (TPSA) is 96.3 Å². The van der Waals surface area contributed by atoms with E-state index in [2.05, 4.69) is 10.3 Å². The van der Waals surface area contributed by atoms with Crippen molar-refractivity contribution < 1.29 is 9.84 Å². The van der Waals surface area contributed by atoms with Gasteiger partial charge in [0.2, 0.25) is 0 Å². The minimum Gasteiger partial charge on any atom is -0.390 e. The van der Waals surface area contributed by atoms with Gasteiger partial charge in [0.25, 0.3) is 5.56 Å². The van der Waals surface area contributed by atoms with Crippen LogP contribution in [0, 0.1) is 0 Å². The summed E-state index contributed by atoms with van der Waals surface area (Å²) in [5.74, 6) is 0. The molecule has 1 saturated heterocycles. The molecule has 0 radical (unpaired) electrons. The van der Waals surface area contributed by atoms with E-state index in [1.807, 2.05) is 84.9 Å². The average molecular weight is 504 g/mol. The first-order valence-corrected chi connectivity index (χ1v) is 12.1. The fourth-order valence-electron chi connectivity index (χ4n) is 4.90. The quantitative estimate of drug-likeness (QED) is 0.336. The van der Waals surface area contributed by atoms with Gasteiger partial charge in [-0.2, -0.15) is 0 Å². The van der Waals surface area contributed by atoms with E-state index in [4.69, 9.17) is 16.3 Å². The van der Waals surface area contributed by atoms with Crippen molar-refractivity contribution in [2.24, 2.45) is 0 Å². The lowest BCUT2D eigenvalue weighted by atomic mass is 9.76. The summed E-state index contributed by atoms with van der Waals surface area (Å²) in [5, 5.41) is 15.1. The number of hydrogen-bond acceptors (Lipinski definition) is 5. The first-order chi connectivity index (χ1) is 17.5. The lowest BCUT2D eigenvalue weighted by molar-refractivity contribution is -0.0212. The molecule has 5 rings (SSSR count). The van der Waals surface area contributed by atoms with Gasteiger partial charge in [0.15, 0.2) is 0 Å². The molecule has 4 aromatic rings. The zero-order valence-corrected chi connectivity index (χ0v) is 20.1. The number of aliphatic hydroxyl groups is 1. The molecule has 2 heterocycles. The maximum Gasteiger partial charge on any atom is 0.330 e. The Balaban J connectivity index is 1.53. The van der Waals surface area contributed by atoms with Crippen LogP contribution in [0.4, 0.5) is 0 Å². The number of nitrogens with one attached hydrogen (secondary N) is 2. The molecular weight excluding hydrogens is 478 g/mol. The molecule has 0 saturated carbocycles. The lowest BCUT2D eigenvalue weighted by Crippen LogP contribution is -2.49. The summed E-state index contributed by atoms with van der Waals surface area (Å²) in [6.07, 6.45) is -0.524. The van der Waals surface area contributed by atoms with Crippen molar-refractivity contribution in [3.63, 3.8) is 0 Å². The van der Waals surface area contributed by atoms with Crippen LogP contribution in [0.15, 0.2) is 107 Å². The van der Waals surface area contributed by atoms with Crippen molar-refractivity contribution in [2.45, 2.75) is 30.4 Å². The molecule has 1 aromatic heterocycles. The molecule has 1 unspecified atom stereocenters. The number of hydrogen-bond donors (Lipinski definition) is 3. The second-order valence-corrected chi connectivity index (χ2v) is 9.20. The Kier molecular flexibility index (Phi) is 6.89. The van der Waals surface area contributed by atoms with Gasteiger partial charge in [-0.15, -0.1) is 0 Å². The summed E-state index contributed by atoms with van der Waals surface area (Å²) in [5.41, 5.74) is 0.924. The Morgan fingerprint density at radius 3 is 2.17 bits per heavy atom. The van der Waals surface area contributed by atoms with Gasteiger partial charge in [0.1, 0.15) is 6.23 Å². The molecule has 36 heavy (non-hydrogen) atoms.